The van der Waals surface area contributed by atoms with Gasteiger partial charge in [-0.15, -0.1) is 0 Å². The number of hydrogen-bond donors (Lipinski definition) is 2. The van der Waals surface area contributed by atoms with Crippen molar-refractivity contribution in [2.24, 2.45) is 0 Å². The Balaban J connectivity index is 1.88. The molecule has 0 spiro atoms. The van der Waals surface area contributed by atoms with E-state index in [1.54, 1.807) is 24.3 Å². The SMILES string of the molecule is CCCOC(=O)c1ccc(NCC(=O)Nc2cccc(C(F)(F)F)c2)cc1. The number of esters is 1. The second-order valence-electron chi connectivity index (χ2n) is 5.69. The summed E-state index contributed by atoms with van der Waals surface area (Å²) in [5, 5.41) is 5.23. The number of alkyl halides is 3. The number of hydrogen-bond acceptors (Lipinski definition) is 4. The summed E-state index contributed by atoms with van der Waals surface area (Å²) in [4.78, 5) is 23.6. The third-order valence-corrected chi connectivity index (χ3v) is 3.48. The Bertz CT molecular complexity index is 790. The van der Waals surface area contributed by atoms with Crippen molar-refractivity contribution in [2.75, 3.05) is 23.8 Å². The Kier molecular flexibility index (Phi) is 6.81. The molecule has 5 nitrogen and oxygen atoms in total. The molecule has 0 fully saturated rings. The van der Waals surface area contributed by atoms with E-state index in [9.17, 15) is 22.8 Å². The summed E-state index contributed by atoms with van der Waals surface area (Å²) in [6, 6.07) is 10.7. The Morgan fingerprint density at radius 3 is 2.37 bits per heavy atom. The number of halogens is 3. The summed E-state index contributed by atoms with van der Waals surface area (Å²) in [5.74, 6) is -0.925. The second-order valence-corrected chi connectivity index (χ2v) is 5.69. The van der Waals surface area contributed by atoms with Gasteiger partial charge in [0.15, 0.2) is 0 Å². The highest BCUT2D eigenvalue weighted by molar-refractivity contribution is 5.94. The second kappa shape index (κ2) is 9.07. The molecule has 0 radical (unpaired) electrons. The van der Waals surface area contributed by atoms with Gasteiger partial charge in [-0.3, -0.25) is 4.79 Å². The van der Waals surface area contributed by atoms with Crippen molar-refractivity contribution >= 4 is 23.3 Å². The van der Waals surface area contributed by atoms with Crippen molar-refractivity contribution in [3.05, 3.63) is 59.7 Å². The van der Waals surface area contributed by atoms with Crippen LogP contribution in [0.4, 0.5) is 24.5 Å². The van der Waals surface area contributed by atoms with E-state index in [0.717, 1.165) is 18.6 Å². The molecule has 0 heterocycles. The molecule has 0 saturated carbocycles. The number of carbonyl (C=O) groups is 2. The maximum atomic E-state index is 12.7. The Hall–Kier alpha value is -3.03. The van der Waals surface area contributed by atoms with E-state index in [1.165, 1.54) is 12.1 Å². The molecule has 8 heteroatoms. The van der Waals surface area contributed by atoms with Crippen molar-refractivity contribution in [3.8, 4) is 0 Å². The molecule has 0 bridgehead atoms. The number of benzene rings is 2. The molecule has 1 amide bonds. The van der Waals surface area contributed by atoms with Crippen LogP contribution in [0.25, 0.3) is 0 Å². The van der Waals surface area contributed by atoms with Crippen LogP contribution >= 0.6 is 0 Å². The van der Waals surface area contributed by atoms with Gasteiger partial charge in [0.2, 0.25) is 5.91 Å². The summed E-state index contributed by atoms with van der Waals surface area (Å²) < 4.78 is 43.0. The summed E-state index contributed by atoms with van der Waals surface area (Å²) >= 11 is 0. The molecule has 2 N–H and O–H groups in total. The van der Waals surface area contributed by atoms with Crippen molar-refractivity contribution < 1.29 is 27.5 Å². The molecular weight excluding hydrogens is 361 g/mol. The van der Waals surface area contributed by atoms with Gasteiger partial charge in [-0.25, -0.2) is 4.79 Å². The summed E-state index contributed by atoms with van der Waals surface area (Å²) in [5.41, 5.74) is 0.202. The number of carbonyl (C=O) groups excluding carboxylic acids is 2. The van der Waals surface area contributed by atoms with Gasteiger partial charge in [-0.2, -0.15) is 13.2 Å². The standard InChI is InChI=1S/C19H19F3N2O3/c1-2-10-27-18(26)13-6-8-15(9-7-13)23-12-17(25)24-16-5-3-4-14(11-16)19(20,21)22/h3-9,11,23H,2,10,12H2,1H3,(H,24,25). The fourth-order valence-electron chi connectivity index (χ4n) is 2.16. The summed E-state index contributed by atoms with van der Waals surface area (Å²) in [6.45, 7) is 2.09. The molecule has 27 heavy (non-hydrogen) atoms. The third kappa shape index (κ3) is 6.32. The monoisotopic (exact) mass is 380 g/mol. The predicted octanol–water partition coefficient (Wildman–Crippen LogP) is 4.32. The van der Waals surface area contributed by atoms with Crippen molar-refractivity contribution in [1.82, 2.24) is 0 Å². The lowest BCUT2D eigenvalue weighted by atomic mass is 10.2. The highest BCUT2D eigenvalue weighted by Gasteiger charge is 2.30. The molecule has 0 aromatic heterocycles. The predicted molar refractivity (Wildman–Crippen MR) is 95.6 cm³/mol. The van der Waals surface area contributed by atoms with E-state index < -0.39 is 23.6 Å². The number of rotatable bonds is 7. The average Bonchev–Trinajstić information content (AvgIpc) is 2.64. The van der Waals surface area contributed by atoms with Crippen LogP contribution in [0.2, 0.25) is 0 Å². The Morgan fingerprint density at radius 1 is 1.04 bits per heavy atom. The number of amides is 1. The first kappa shape index (κ1) is 20.3. The van der Waals surface area contributed by atoms with Crippen molar-refractivity contribution in [2.45, 2.75) is 19.5 Å². The quantitative estimate of drug-likeness (QED) is 0.702. The largest absolute Gasteiger partial charge is 0.462 e. The van der Waals surface area contributed by atoms with Crippen LogP contribution in [0.15, 0.2) is 48.5 Å². The van der Waals surface area contributed by atoms with E-state index >= 15 is 0 Å². The van der Waals surface area contributed by atoms with Gasteiger partial charge in [-0.05, 0) is 48.9 Å². The van der Waals surface area contributed by atoms with Crippen LogP contribution in [-0.4, -0.2) is 25.0 Å². The first-order chi connectivity index (χ1) is 12.8. The molecule has 2 rings (SSSR count). The fraction of sp³-hybridized carbons (Fsp3) is 0.263. The first-order valence-electron chi connectivity index (χ1n) is 8.27. The van der Waals surface area contributed by atoms with E-state index in [2.05, 4.69) is 10.6 Å². The maximum Gasteiger partial charge on any atom is 0.416 e. The highest BCUT2D eigenvalue weighted by Crippen LogP contribution is 2.30. The fourth-order valence-corrected chi connectivity index (χ4v) is 2.16. The topological polar surface area (TPSA) is 67.4 Å². The van der Waals surface area contributed by atoms with Gasteiger partial charge in [0, 0.05) is 11.4 Å². The van der Waals surface area contributed by atoms with Crippen LogP contribution in [0.1, 0.15) is 29.3 Å². The smallest absolute Gasteiger partial charge is 0.416 e. The molecule has 2 aromatic carbocycles. The van der Waals surface area contributed by atoms with Gasteiger partial charge < -0.3 is 15.4 Å². The molecule has 0 saturated heterocycles. The molecule has 0 unspecified atom stereocenters. The number of ether oxygens (including phenoxy) is 1. The minimum atomic E-state index is -4.47. The molecule has 0 atom stereocenters. The highest BCUT2D eigenvalue weighted by atomic mass is 19.4. The Morgan fingerprint density at radius 2 is 1.74 bits per heavy atom. The van der Waals surface area contributed by atoms with E-state index in [4.69, 9.17) is 4.74 Å². The lowest BCUT2D eigenvalue weighted by Gasteiger charge is -2.11. The molecule has 144 valence electrons. The molecule has 2 aromatic rings. The van der Waals surface area contributed by atoms with Crippen LogP contribution < -0.4 is 10.6 Å². The maximum absolute atomic E-state index is 12.7. The summed E-state index contributed by atoms with van der Waals surface area (Å²) in [7, 11) is 0. The minimum Gasteiger partial charge on any atom is -0.462 e. The van der Waals surface area contributed by atoms with Crippen LogP contribution in [0.5, 0.6) is 0 Å². The van der Waals surface area contributed by atoms with E-state index in [1.807, 2.05) is 6.92 Å². The number of nitrogens with one attached hydrogen (secondary N) is 2. The van der Waals surface area contributed by atoms with E-state index in [-0.39, 0.29) is 12.2 Å². The number of anilines is 2. The zero-order valence-electron chi connectivity index (χ0n) is 14.6. The van der Waals surface area contributed by atoms with Gasteiger partial charge in [0.25, 0.3) is 0 Å². The van der Waals surface area contributed by atoms with E-state index in [0.29, 0.717) is 17.9 Å². The normalized spacial score (nSPS) is 11.0. The van der Waals surface area contributed by atoms with Gasteiger partial charge in [0.05, 0.1) is 24.3 Å². The van der Waals surface area contributed by atoms with Gasteiger partial charge in [-0.1, -0.05) is 13.0 Å². The minimum absolute atomic E-state index is 0.0608. The Labute approximate surface area is 154 Å². The third-order valence-electron chi connectivity index (χ3n) is 3.48. The van der Waals surface area contributed by atoms with Crippen LogP contribution in [0, 0.1) is 0 Å². The van der Waals surface area contributed by atoms with Crippen LogP contribution in [0.3, 0.4) is 0 Å². The molecular formula is C19H19F3N2O3. The first-order valence-corrected chi connectivity index (χ1v) is 8.27. The van der Waals surface area contributed by atoms with Gasteiger partial charge >= 0.3 is 12.1 Å². The van der Waals surface area contributed by atoms with Crippen molar-refractivity contribution in [3.63, 3.8) is 0 Å². The van der Waals surface area contributed by atoms with Crippen LogP contribution in [-0.2, 0) is 15.7 Å². The zero-order chi connectivity index (χ0) is 19.9. The van der Waals surface area contributed by atoms with Gasteiger partial charge in [0.1, 0.15) is 0 Å². The lowest BCUT2D eigenvalue weighted by molar-refractivity contribution is -0.137. The van der Waals surface area contributed by atoms with Crippen molar-refractivity contribution in [1.29, 1.82) is 0 Å². The average molecular weight is 380 g/mol. The summed E-state index contributed by atoms with van der Waals surface area (Å²) in [6.07, 6.45) is -3.74. The molecule has 0 aliphatic heterocycles. The zero-order valence-corrected chi connectivity index (χ0v) is 14.6. The molecule has 0 aliphatic rings. The molecule has 0 aliphatic carbocycles. The lowest BCUT2D eigenvalue weighted by Crippen LogP contribution is -2.22.